The second kappa shape index (κ2) is 4.74. The number of hydrogen-bond donors (Lipinski definition) is 4. The molecule has 2 heterocycles. The van der Waals surface area contributed by atoms with Crippen molar-refractivity contribution in [2.24, 2.45) is 0 Å². The Morgan fingerprint density at radius 3 is 2.89 bits per heavy atom. The van der Waals surface area contributed by atoms with E-state index in [1.165, 1.54) is 12.3 Å². The average Bonchev–Trinajstić information content (AvgIpc) is 2.72. The van der Waals surface area contributed by atoms with Gasteiger partial charge in [0.05, 0.1) is 6.20 Å². The van der Waals surface area contributed by atoms with Crippen LogP contribution in [0.15, 0.2) is 23.1 Å². The lowest BCUT2D eigenvalue weighted by Gasteiger charge is -2.04. The number of aryl methyl sites for hydroxylation is 1. The number of rotatable bonds is 3. The van der Waals surface area contributed by atoms with Gasteiger partial charge >= 0.3 is 0 Å². The van der Waals surface area contributed by atoms with Crippen LogP contribution in [0, 0.1) is 6.92 Å². The molecule has 7 heteroatoms. The minimum Gasteiger partial charge on any atom is -0.384 e. The molecule has 0 spiro atoms. The molecule has 0 aliphatic carbocycles. The van der Waals surface area contributed by atoms with Crippen LogP contribution in [0.25, 0.3) is 0 Å². The van der Waals surface area contributed by atoms with E-state index in [4.69, 9.17) is 5.73 Å². The lowest BCUT2D eigenvalue weighted by Crippen LogP contribution is -2.29. The number of aromatic amines is 2. The van der Waals surface area contributed by atoms with Gasteiger partial charge in [-0.1, -0.05) is 0 Å². The number of nitrogens with two attached hydrogens (primary N) is 1. The fourth-order valence-electron chi connectivity index (χ4n) is 1.48. The van der Waals surface area contributed by atoms with Gasteiger partial charge in [-0.2, -0.15) is 5.10 Å². The summed E-state index contributed by atoms with van der Waals surface area (Å²) in [5, 5.41) is 8.90. The van der Waals surface area contributed by atoms with Crippen LogP contribution in [-0.2, 0) is 6.54 Å². The van der Waals surface area contributed by atoms with Crippen LogP contribution in [-0.4, -0.2) is 21.1 Å². The number of amides is 1. The van der Waals surface area contributed by atoms with E-state index in [0.717, 1.165) is 0 Å². The standard InChI is InChI=1S/C11H13N5O2/c1-6-2-3-8(11(18)15-6)10(17)13-4-7-5-14-16-9(7)12/h2-3,5H,4H2,1H3,(H,13,17)(H,15,18)(H3,12,14,16). The summed E-state index contributed by atoms with van der Waals surface area (Å²) >= 11 is 0. The average molecular weight is 247 g/mol. The monoisotopic (exact) mass is 247 g/mol. The van der Waals surface area contributed by atoms with Crippen molar-refractivity contribution in [3.63, 3.8) is 0 Å². The molecule has 0 aromatic carbocycles. The van der Waals surface area contributed by atoms with Gasteiger partial charge < -0.3 is 16.0 Å². The molecule has 0 unspecified atom stereocenters. The number of nitrogens with zero attached hydrogens (tertiary/aromatic N) is 1. The second-order valence-corrected chi connectivity index (χ2v) is 3.88. The number of pyridine rings is 1. The molecule has 0 saturated carbocycles. The smallest absolute Gasteiger partial charge is 0.260 e. The number of hydrogen-bond acceptors (Lipinski definition) is 4. The van der Waals surface area contributed by atoms with Crippen LogP contribution < -0.4 is 16.6 Å². The quantitative estimate of drug-likeness (QED) is 0.606. The molecule has 2 rings (SSSR count). The summed E-state index contributed by atoms with van der Waals surface area (Å²) in [6.07, 6.45) is 1.52. The summed E-state index contributed by atoms with van der Waals surface area (Å²) < 4.78 is 0. The summed E-state index contributed by atoms with van der Waals surface area (Å²) in [6.45, 7) is 1.96. The first kappa shape index (κ1) is 11.9. The zero-order valence-corrected chi connectivity index (χ0v) is 9.78. The number of carbonyl (C=O) groups is 1. The molecule has 0 aliphatic rings. The largest absolute Gasteiger partial charge is 0.384 e. The van der Waals surface area contributed by atoms with Gasteiger partial charge in [-0.05, 0) is 19.1 Å². The lowest BCUT2D eigenvalue weighted by atomic mass is 10.2. The van der Waals surface area contributed by atoms with Gasteiger partial charge in [-0.3, -0.25) is 14.7 Å². The van der Waals surface area contributed by atoms with E-state index < -0.39 is 11.5 Å². The Bertz CT molecular complexity index is 628. The maximum atomic E-state index is 11.8. The fraction of sp³-hybridized carbons (Fsp3) is 0.182. The van der Waals surface area contributed by atoms with E-state index in [1.54, 1.807) is 13.0 Å². The highest BCUT2D eigenvalue weighted by Crippen LogP contribution is 2.05. The fourth-order valence-corrected chi connectivity index (χ4v) is 1.48. The van der Waals surface area contributed by atoms with Crippen molar-refractivity contribution in [3.05, 3.63) is 45.5 Å². The van der Waals surface area contributed by atoms with Gasteiger partial charge in [0.1, 0.15) is 11.4 Å². The van der Waals surface area contributed by atoms with Crippen molar-refractivity contribution in [1.82, 2.24) is 20.5 Å². The Hall–Kier alpha value is -2.57. The molecule has 0 aliphatic heterocycles. The zero-order chi connectivity index (χ0) is 13.1. The predicted molar refractivity (Wildman–Crippen MR) is 66.0 cm³/mol. The Kier molecular flexibility index (Phi) is 3.13. The van der Waals surface area contributed by atoms with Gasteiger partial charge in [-0.15, -0.1) is 0 Å². The minimum absolute atomic E-state index is 0.0719. The number of H-pyrrole nitrogens is 2. The summed E-state index contributed by atoms with van der Waals surface area (Å²) in [5.41, 5.74) is 6.62. The Labute approximate surface area is 102 Å². The first-order valence-electron chi connectivity index (χ1n) is 5.34. The maximum absolute atomic E-state index is 11.8. The maximum Gasteiger partial charge on any atom is 0.260 e. The molecular formula is C11H13N5O2. The third-order valence-electron chi connectivity index (χ3n) is 2.49. The molecule has 0 saturated heterocycles. The van der Waals surface area contributed by atoms with Crippen LogP contribution >= 0.6 is 0 Å². The molecule has 18 heavy (non-hydrogen) atoms. The highest BCUT2D eigenvalue weighted by atomic mass is 16.2. The predicted octanol–water partition coefficient (Wildman–Crippen LogP) is -0.0814. The normalized spacial score (nSPS) is 10.3. The van der Waals surface area contributed by atoms with Crippen LogP contribution in [0.1, 0.15) is 21.6 Å². The number of carbonyl (C=O) groups excluding carboxylic acids is 1. The van der Waals surface area contributed by atoms with Crippen molar-refractivity contribution < 1.29 is 4.79 Å². The van der Waals surface area contributed by atoms with E-state index in [-0.39, 0.29) is 12.1 Å². The van der Waals surface area contributed by atoms with E-state index in [2.05, 4.69) is 20.5 Å². The number of nitrogens with one attached hydrogen (secondary N) is 3. The number of aromatic nitrogens is 3. The summed E-state index contributed by atoms with van der Waals surface area (Å²) in [4.78, 5) is 25.9. The summed E-state index contributed by atoms with van der Waals surface area (Å²) in [5.74, 6) is -0.0510. The van der Waals surface area contributed by atoms with Crippen molar-refractivity contribution in [2.45, 2.75) is 13.5 Å². The van der Waals surface area contributed by atoms with Gasteiger partial charge in [0.25, 0.3) is 11.5 Å². The molecule has 0 radical (unpaired) electrons. The third kappa shape index (κ3) is 2.40. The molecule has 0 atom stereocenters. The molecular weight excluding hydrogens is 234 g/mol. The highest BCUT2D eigenvalue weighted by molar-refractivity contribution is 5.93. The SMILES string of the molecule is Cc1ccc(C(=O)NCc2cn[nH]c2N)c(=O)[nH]1. The Morgan fingerprint density at radius 2 is 2.28 bits per heavy atom. The first-order chi connectivity index (χ1) is 8.58. The van der Waals surface area contributed by atoms with E-state index in [1.807, 2.05) is 0 Å². The molecule has 5 N–H and O–H groups in total. The third-order valence-corrected chi connectivity index (χ3v) is 2.49. The van der Waals surface area contributed by atoms with Gasteiger partial charge in [0.15, 0.2) is 0 Å². The van der Waals surface area contributed by atoms with E-state index >= 15 is 0 Å². The van der Waals surface area contributed by atoms with E-state index in [0.29, 0.717) is 17.1 Å². The second-order valence-electron chi connectivity index (χ2n) is 3.88. The van der Waals surface area contributed by atoms with Crippen LogP contribution in [0.4, 0.5) is 5.82 Å². The van der Waals surface area contributed by atoms with Gasteiger partial charge in [0, 0.05) is 17.8 Å². The first-order valence-corrected chi connectivity index (χ1v) is 5.34. The molecule has 2 aromatic heterocycles. The number of anilines is 1. The van der Waals surface area contributed by atoms with Crippen LogP contribution in [0.2, 0.25) is 0 Å². The Morgan fingerprint density at radius 1 is 1.50 bits per heavy atom. The summed E-state index contributed by atoms with van der Waals surface area (Å²) in [7, 11) is 0. The van der Waals surface area contributed by atoms with Crippen molar-refractivity contribution >= 4 is 11.7 Å². The van der Waals surface area contributed by atoms with E-state index in [9.17, 15) is 9.59 Å². The lowest BCUT2D eigenvalue weighted by molar-refractivity contribution is 0.0949. The topological polar surface area (TPSA) is 117 Å². The number of nitrogen functional groups attached to an aromatic ring is 1. The molecule has 0 fully saturated rings. The molecule has 7 nitrogen and oxygen atoms in total. The zero-order valence-electron chi connectivity index (χ0n) is 9.78. The van der Waals surface area contributed by atoms with Gasteiger partial charge in [-0.25, -0.2) is 0 Å². The molecule has 2 aromatic rings. The highest BCUT2D eigenvalue weighted by Gasteiger charge is 2.10. The van der Waals surface area contributed by atoms with Crippen molar-refractivity contribution in [1.29, 1.82) is 0 Å². The van der Waals surface area contributed by atoms with Crippen LogP contribution in [0.5, 0.6) is 0 Å². The minimum atomic E-state index is -0.447. The van der Waals surface area contributed by atoms with Crippen LogP contribution in [0.3, 0.4) is 0 Å². The van der Waals surface area contributed by atoms with Crippen molar-refractivity contribution in [3.8, 4) is 0 Å². The Balaban J connectivity index is 2.09. The molecule has 1 amide bonds. The van der Waals surface area contributed by atoms with Gasteiger partial charge in [0.2, 0.25) is 0 Å². The molecule has 0 bridgehead atoms. The van der Waals surface area contributed by atoms with Crippen molar-refractivity contribution in [2.75, 3.05) is 5.73 Å². The molecule has 94 valence electrons. The summed E-state index contributed by atoms with van der Waals surface area (Å²) in [6, 6.07) is 3.16.